The minimum Gasteiger partial charge on any atom is -0.345 e. The third-order valence-electron chi connectivity index (χ3n) is 6.39. The largest absolute Gasteiger partial charge is 0.345 e. The molecule has 0 fully saturated rings. The Morgan fingerprint density at radius 2 is 1.55 bits per heavy atom. The Labute approximate surface area is 222 Å². The Bertz CT molecular complexity index is 1240. The van der Waals surface area contributed by atoms with Crippen molar-refractivity contribution in [2.75, 3.05) is 0 Å². The molecule has 9 nitrogen and oxygen atoms in total. The van der Waals surface area contributed by atoms with Crippen molar-refractivity contribution in [3.8, 4) is 0 Å². The predicted molar refractivity (Wildman–Crippen MR) is 143 cm³/mol. The summed E-state index contributed by atoms with van der Waals surface area (Å²) >= 11 is 0. The molecule has 0 radical (unpaired) electrons. The van der Waals surface area contributed by atoms with Crippen molar-refractivity contribution in [1.29, 1.82) is 0 Å². The predicted octanol–water partition coefficient (Wildman–Crippen LogP) is 2.12. The molecule has 1 heterocycles. The van der Waals surface area contributed by atoms with Crippen LogP contribution in [0.25, 0.3) is 0 Å². The van der Waals surface area contributed by atoms with Gasteiger partial charge in [0.25, 0.3) is 11.8 Å². The monoisotopic (exact) mass is 518 g/mol. The van der Waals surface area contributed by atoms with Crippen LogP contribution in [-0.4, -0.2) is 52.4 Å². The third kappa shape index (κ3) is 6.53. The summed E-state index contributed by atoms with van der Waals surface area (Å²) in [6.07, 6.45) is 0. The smallest absolute Gasteiger partial charge is 0.289 e. The number of carbonyl (C=O) groups excluding carboxylic acids is 5. The van der Waals surface area contributed by atoms with E-state index in [2.05, 4.69) is 22.5 Å². The highest BCUT2D eigenvalue weighted by molar-refractivity contribution is 6.38. The molecule has 4 amide bonds. The standard InChI is InChI=1S/C29H34N4O5/c1-17(2)23(25(34)28(37)30-15-20-11-7-6-8-12-20)32-26(35)19(5)31-27(36)24(18(3)4)33-16-21-13-9-10-14-22(21)29(33)38/h6-14,17,19,23-24H,3,15-16H2,1-2,4-5H3,(H,30,37)(H,31,36)(H,32,35)/t19-,23-,24-/m0/s1. The molecule has 2 aromatic carbocycles. The molecule has 1 aliphatic rings. The number of rotatable bonds is 11. The third-order valence-corrected chi connectivity index (χ3v) is 6.39. The first kappa shape index (κ1) is 28.3. The number of carbonyl (C=O) groups is 5. The summed E-state index contributed by atoms with van der Waals surface area (Å²) < 4.78 is 0. The average molecular weight is 519 g/mol. The first-order chi connectivity index (χ1) is 18.0. The molecule has 38 heavy (non-hydrogen) atoms. The fourth-order valence-corrected chi connectivity index (χ4v) is 4.29. The average Bonchev–Trinajstić information content (AvgIpc) is 3.21. The van der Waals surface area contributed by atoms with Gasteiger partial charge in [0.1, 0.15) is 12.1 Å². The second-order valence-electron chi connectivity index (χ2n) is 9.83. The van der Waals surface area contributed by atoms with Gasteiger partial charge in [-0.2, -0.15) is 0 Å². The van der Waals surface area contributed by atoms with Crippen LogP contribution in [0.5, 0.6) is 0 Å². The van der Waals surface area contributed by atoms with E-state index in [-0.39, 0.29) is 24.9 Å². The lowest BCUT2D eigenvalue weighted by molar-refractivity contribution is -0.141. The van der Waals surface area contributed by atoms with Crippen molar-refractivity contribution in [2.45, 2.75) is 58.9 Å². The lowest BCUT2D eigenvalue weighted by Crippen LogP contribution is -2.57. The Morgan fingerprint density at radius 1 is 0.921 bits per heavy atom. The van der Waals surface area contributed by atoms with Crippen LogP contribution in [0, 0.1) is 5.92 Å². The van der Waals surface area contributed by atoms with E-state index in [1.54, 1.807) is 32.9 Å². The van der Waals surface area contributed by atoms with Gasteiger partial charge in [-0.05, 0) is 42.5 Å². The number of benzene rings is 2. The van der Waals surface area contributed by atoms with E-state index in [1.165, 1.54) is 11.8 Å². The van der Waals surface area contributed by atoms with E-state index in [9.17, 15) is 24.0 Å². The Kier molecular flexibility index (Phi) is 9.17. The van der Waals surface area contributed by atoms with Crippen LogP contribution in [0.2, 0.25) is 0 Å². The molecule has 0 bridgehead atoms. The molecule has 3 N–H and O–H groups in total. The second-order valence-corrected chi connectivity index (χ2v) is 9.83. The van der Waals surface area contributed by atoms with Crippen LogP contribution in [0.1, 0.15) is 49.2 Å². The van der Waals surface area contributed by atoms with Crippen molar-refractivity contribution >= 4 is 29.4 Å². The molecule has 2 aromatic rings. The molecule has 0 aliphatic carbocycles. The molecular weight excluding hydrogens is 484 g/mol. The zero-order valence-electron chi connectivity index (χ0n) is 22.1. The number of fused-ring (bicyclic) bond motifs is 1. The fourth-order valence-electron chi connectivity index (χ4n) is 4.29. The van der Waals surface area contributed by atoms with Crippen LogP contribution in [0.3, 0.4) is 0 Å². The molecule has 0 aromatic heterocycles. The van der Waals surface area contributed by atoms with Gasteiger partial charge in [0.15, 0.2) is 0 Å². The number of amides is 4. The lowest BCUT2D eigenvalue weighted by atomic mass is 9.98. The quantitative estimate of drug-likeness (QED) is 0.311. The number of ketones is 1. The number of hydrogen-bond acceptors (Lipinski definition) is 5. The van der Waals surface area contributed by atoms with Crippen molar-refractivity contribution < 1.29 is 24.0 Å². The minimum absolute atomic E-state index is 0.179. The van der Waals surface area contributed by atoms with Crippen molar-refractivity contribution in [3.05, 3.63) is 83.4 Å². The molecular formula is C29H34N4O5. The Balaban J connectivity index is 1.62. The van der Waals surface area contributed by atoms with Gasteiger partial charge in [0.2, 0.25) is 17.6 Å². The summed E-state index contributed by atoms with van der Waals surface area (Å²) in [5, 5.41) is 7.80. The van der Waals surface area contributed by atoms with Crippen LogP contribution < -0.4 is 16.0 Å². The molecule has 0 saturated heterocycles. The van der Waals surface area contributed by atoms with Gasteiger partial charge in [-0.25, -0.2) is 0 Å². The molecule has 0 spiro atoms. The van der Waals surface area contributed by atoms with Gasteiger partial charge in [-0.1, -0.05) is 69.0 Å². The number of Topliss-reactive ketones (excluding diaryl/α,β-unsaturated/α-hetero) is 1. The van der Waals surface area contributed by atoms with Gasteiger partial charge < -0.3 is 20.9 Å². The SMILES string of the molecule is C=C(C)[C@@H](C(=O)N[C@@H](C)C(=O)N[C@H](C(=O)C(=O)NCc1ccccc1)C(C)C)N1Cc2ccccc2C1=O. The summed E-state index contributed by atoms with van der Waals surface area (Å²) in [5.41, 5.74) is 2.62. The zero-order chi connectivity index (χ0) is 28.0. The molecule has 200 valence electrons. The maximum Gasteiger partial charge on any atom is 0.289 e. The summed E-state index contributed by atoms with van der Waals surface area (Å²) in [6, 6.07) is 13.2. The Morgan fingerprint density at radius 3 is 2.16 bits per heavy atom. The van der Waals surface area contributed by atoms with E-state index in [0.29, 0.717) is 11.1 Å². The molecule has 1 aliphatic heterocycles. The van der Waals surface area contributed by atoms with Gasteiger partial charge in [0.05, 0.1) is 6.04 Å². The van der Waals surface area contributed by atoms with E-state index < -0.39 is 41.6 Å². The highest BCUT2D eigenvalue weighted by Gasteiger charge is 2.38. The fraction of sp³-hybridized carbons (Fsp3) is 0.345. The van der Waals surface area contributed by atoms with Crippen molar-refractivity contribution in [3.63, 3.8) is 0 Å². The first-order valence-electron chi connectivity index (χ1n) is 12.5. The molecule has 0 unspecified atom stereocenters. The van der Waals surface area contributed by atoms with Crippen LogP contribution in [0.4, 0.5) is 0 Å². The normalized spacial score (nSPS) is 14.8. The van der Waals surface area contributed by atoms with Crippen molar-refractivity contribution in [2.24, 2.45) is 5.92 Å². The lowest BCUT2D eigenvalue weighted by Gasteiger charge is -2.29. The second kappa shape index (κ2) is 12.3. The van der Waals surface area contributed by atoms with Gasteiger partial charge in [0, 0.05) is 18.7 Å². The summed E-state index contributed by atoms with van der Waals surface area (Å²) in [5.74, 6) is -3.43. The molecule has 9 heteroatoms. The van der Waals surface area contributed by atoms with E-state index >= 15 is 0 Å². The Hall–Kier alpha value is -4.27. The number of hydrogen-bond donors (Lipinski definition) is 3. The number of nitrogens with zero attached hydrogens (tertiary/aromatic N) is 1. The van der Waals surface area contributed by atoms with Crippen molar-refractivity contribution in [1.82, 2.24) is 20.9 Å². The summed E-state index contributed by atoms with van der Waals surface area (Å²) in [4.78, 5) is 65.8. The van der Waals surface area contributed by atoms with Crippen LogP contribution in [-0.2, 0) is 32.3 Å². The van der Waals surface area contributed by atoms with E-state index in [4.69, 9.17) is 0 Å². The zero-order valence-corrected chi connectivity index (χ0v) is 22.1. The summed E-state index contributed by atoms with van der Waals surface area (Å²) in [6.45, 7) is 10.9. The molecule has 3 rings (SSSR count). The summed E-state index contributed by atoms with van der Waals surface area (Å²) in [7, 11) is 0. The maximum absolute atomic E-state index is 13.2. The van der Waals surface area contributed by atoms with Crippen LogP contribution >= 0.6 is 0 Å². The van der Waals surface area contributed by atoms with Gasteiger partial charge >= 0.3 is 0 Å². The highest BCUT2D eigenvalue weighted by Crippen LogP contribution is 2.26. The number of nitrogens with one attached hydrogen (secondary N) is 3. The molecule has 0 saturated carbocycles. The van der Waals surface area contributed by atoms with E-state index in [0.717, 1.165) is 11.1 Å². The minimum atomic E-state index is -1.08. The van der Waals surface area contributed by atoms with Crippen LogP contribution in [0.15, 0.2) is 66.7 Å². The topological polar surface area (TPSA) is 125 Å². The first-order valence-corrected chi connectivity index (χ1v) is 12.5. The van der Waals surface area contributed by atoms with Gasteiger partial charge in [-0.3, -0.25) is 24.0 Å². The van der Waals surface area contributed by atoms with Gasteiger partial charge in [-0.15, -0.1) is 0 Å². The van der Waals surface area contributed by atoms with E-state index in [1.807, 2.05) is 42.5 Å². The maximum atomic E-state index is 13.2. The molecule has 3 atom stereocenters. The highest BCUT2D eigenvalue weighted by atomic mass is 16.2.